The number of hydrogen-bond donors (Lipinski definition) is 1. The normalized spacial score (nSPS) is 26.7. The van der Waals surface area contributed by atoms with Crippen molar-refractivity contribution in [3.63, 3.8) is 0 Å². The minimum Gasteiger partial charge on any atom is -0.310 e. The van der Waals surface area contributed by atoms with Gasteiger partial charge in [0.2, 0.25) is 0 Å². The topological polar surface area (TPSA) is 15.3 Å². The van der Waals surface area contributed by atoms with Gasteiger partial charge in [-0.15, -0.1) is 0 Å². The van der Waals surface area contributed by atoms with Crippen LogP contribution in [0.1, 0.15) is 65.7 Å². The molecule has 2 fully saturated rings. The third kappa shape index (κ3) is 3.08. The first-order valence-corrected chi connectivity index (χ1v) is 8.20. The van der Waals surface area contributed by atoms with Crippen molar-refractivity contribution in [2.45, 2.75) is 77.3 Å². The van der Waals surface area contributed by atoms with Gasteiger partial charge in [-0.1, -0.05) is 39.5 Å². The number of nitrogens with one attached hydrogen (secondary N) is 1. The number of rotatable bonds is 4. The van der Waals surface area contributed by atoms with Crippen molar-refractivity contribution in [2.24, 2.45) is 5.92 Å². The van der Waals surface area contributed by atoms with Crippen LogP contribution in [0.25, 0.3) is 0 Å². The maximum absolute atomic E-state index is 3.88. The van der Waals surface area contributed by atoms with E-state index in [2.05, 4.69) is 31.0 Å². The average Bonchev–Trinajstić information content (AvgIpc) is 2.71. The Morgan fingerprint density at radius 3 is 2.39 bits per heavy atom. The highest BCUT2D eigenvalue weighted by atomic mass is 15.2. The Kier molecular flexibility index (Phi) is 5.08. The van der Waals surface area contributed by atoms with Gasteiger partial charge in [-0.3, -0.25) is 4.90 Å². The van der Waals surface area contributed by atoms with E-state index in [0.717, 1.165) is 12.0 Å². The molecule has 1 saturated heterocycles. The lowest BCUT2D eigenvalue weighted by atomic mass is 9.91. The lowest BCUT2D eigenvalue weighted by Crippen LogP contribution is -2.52. The van der Waals surface area contributed by atoms with E-state index in [1.54, 1.807) is 0 Å². The quantitative estimate of drug-likeness (QED) is 0.825. The summed E-state index contributed by atoms with van der Waals surface area (Å²) in [5, 5.41) is 3.88. The van der Waals surface area contributed by atoms with Gasteiger partial charge in [0, 0.05) is 18.1 Å². The van der Waals surface area contributed by atoms with Crippen molar-refractivity contribution < 1.29 is 0 Å². The van der Waals surface area contributed by atoms with Crippen LogP contribution in [-0.4, -0.2) is 36.1 Å². The lowest BCUT2D eigenvalue weighted by molar-refractivity contribution is 0.120. The molecule has 1 atom stereocenters. The fourth-order valence-electron chi connectivity index (χ4n) is 4.16. The highest BCUT2D eigenvalue weighted by Crippen LogP contribution is 2.33. The van der Waals surface area contributed by atoms with Crippen LogP contribution in [0.3, 0.4) is 0 Å². The summed E-state index contributed by atoms with van der Waals surface area (Å²) >= 11 is 0. The van der Waals surface area contributed by atoms with E-state index in [1.807, 2.05) is 0 Å². The van der Waals surface area contributed by atoms with E-state index in [-0.39, 0.29) is 0 Å². The molecule has 1 N–H and O–H groups in total. The summed E-state index contributed by atoms with van der Waals surface area (Å²) in [4.78, 5) is 2.79. The molecule has 0 aromatic carbocycles. The van der Waals surface area contributed by atoms with Crippen molar-refractivity contribution in [3.8, 4) is 0 Å². The molecule has 1 spiro atoms. The molecule has 1 aliphatic carbocycles. The second kappa shape index (κ2) is 6.38. The molecule has 0 radical (unpaired) electrons. The van der Waals surface area contributed by atoms with Gasteiger partial charge < -0.3 is 5.32 Å². The van der Waals surface area contributed by atoms with Gasteiger partial charge >= 0.3 is 0 Å². The lowest BCUT2D eigenvalue weighted by Gasteiger charge is -2.39. The zero-order valence-electron chi connectivity index (χ0n) is 12.7. The second-order valence-electron chi connectivity index (χ2n) is 6.56. The molecule has 1 saturated carbocycles. The van der Waals surface area contributed by atoms with Crippen LogP contribution in [0.5, 0.6) is 0 Å². The van der Waals surface area contributed by atoms with Crippen LogP contribution < -0.4 is 5.32 Å². The van der Waals surface area contributed by atoms with E-state index in [1.165, 1.54) is 64.6 Å². The molecule has 2 nitrogen and oxygen atoms in total. The molecule has 18 heavy (non-hydrogen) atoms. The predicted octanol–water partition coefficient (Wildman–Crippen LogP) is 3.42. The third-order valence-corrected chi connectivity index (χ3v) is 5.50. The predicted molar refractivity (Wildman–Crippen MR) is 78.9 cm³/mol. The molecule has 2 aliphatic rings. The molecule has 0 bridgehead atoms. The van der Waals surface area contributed by atoms with Crippen molar-refractivity contribution in [1.82, 2.24) is 10.2 Å². The highest BCUT2D eigenvalue weighted by molar-refractivity contribution is 4.98. The van der Waals surface area contributed by atoms with E-state index >= 15 is 0 Å². The summed E-state index contributed by atoms with van der Waals surface area (Å²) < 4.78 is 0. The molecule has 106 valence electrons. The van der Waals surface area contributed by atoms with Crippen molar-refractivity contribution >= 4 is 0 Å². The Bertz CT molecular complexity index is 241. The largest absolute Gasteiger partial charge is 0.310 e. The van der Waals surface area contributed by atoms with Crippen LogP contribution >= 0.6 is 0 Å². The second-order valence-corrected chi connectivity index (χ2v) is 6.56. The molecule has 0 aromatic rings. The Morgan fingerprint density at radius 1 is 1.11 bits per heavy atom. The zero-order chi connectivity index (χ0) is 13.0. The van der Waals surface area contributed by atoms with Gasteiger partial charge in [0.15, 0.2) is 0 Å². The average molecular weight is 252 g/mol. The molecular weight excluding hydrogens is 220 g/mol. The van der Waals surface area contributed by atoms with Crippen molar-refractivity contribution in [3.05, 3.63) is 0 Å². The Labute approximate surface area is 114 Å². The first kappa shape index (κ1) is 14.3. The molecule has 2 rings (SSSR count). The molecular formula is C16H32N2. The number of nitrogens with zero attached hydrogens (tertiary/aromatic N) is 1. The molecule has 1 unspecified atom stereocenters. The van der Waals surface area contributed by atoms with Gasteiger partial charge in [-0.2, -0.15) is 0 Å². The number of hydrogen-bond acceptors (Lipinski definition) is 2. The van der Waals surface area contributed by atoms with Crippen LogP contribution in [-0.2, 0) is 0 Å². The summed E-state index contributed by atoms with van der Waals surface area (Å²) in [5.74, 6) is 0.876. The highest BCUT2D eigenvalue weighted by Gasteiger charge is 2.38. The minimum atomic E-state index is 0.469. The first-order valence-electron chi connectivity index (χ1n) is 8.20. The minimum absolute atomic E-state index is 0.469. The fraction of sp³-hybridized carbons (Fsp3) is 1.00. The summed E-state index contributed by atoms with van der Waals surface area (Å²) in [6, 6.07) is 0.761. The van der Waals surface area contributed by atoms with E-state index < -0.39 is 0 Å². The van der Waals surface area contributed by atoms with E-state index in [4.69, 9.17) is 0 Å². The van der Waals surface area contributed by atoms with E-state index in [0.29, 0.717) is 5.54 Å². The summed E-state index contributed by atoms with van der Waals surface area (Å²) in [7, 11) is 0. The van der Waals surface area contributed by atoms with Gasteiger partial charge in [0.25, 0.3) is 0 Å². The van der Waals surface area contributed by atoms with Gasteiger partial charge in [-0.25, -0.2) is 0 Å². The molecule has 2 heteroatoms. The zero-order valence-corrected chi connectivity index (χ0v) is 12.7. The van der Waals surface area contributed by atoms with Crippen molar-refractivity contribution in [1.29, 1.82) is 0 Å². The van der Waals surface area contributed by atoms with Gasteiger partial charge in [0.1, 0.15) is 0 Å². The van der Waals surface area contributed by atoms with Gasteiger partial charge in [0.05, 0.1) is 0 Å². The monoisotopic (exact) mass is 252 g/mol. The first-order chi connectivity index (χ1) is 8.71. The SMILES string of the molecule is CCC(CC)C(C)N1CCCNC2(CCCC2)C1. The Morgan fingerprint density at radius 2 is 1.78 bits per heavy atom. The summed E-state index contributed by atoms with van der Waals surface area (Å²) in [6.07, 6.45) is 9.65. The molecule has 0 aromatic heterocycles. The maximum atomic E-state index is 3.88. The molecule has 0 amide bonds. The van der Waals surface area contributed by atoms with Crippen LogP contribution in [0.15, 0.2) is 0 Å². The Hall–Kier alpha value is -0.0800. The Balaban J connectivity index is 2.02. The van der Waals surface area contributed by atoms with Crippen LogP contribution in [0, 0.1) is 5.92 Å². The molecule has 1 aliphatic heterocycles. The molecule has 1 heterocycles. The third-order valence-electron chi connectivity index (χ3n) is 5.50. The van der Waals surface area contributed by atoms with Crippen molar-refractivity contribution in [2.75, 3.05) is 19.6 Å². The van der Waals surface area contributed by atoms with Gasteiger partial charge in [-0.05, 0) is 45.2 Å². The van der Waals surface area contributed by atoms with Crippen LogP contribution in [0.4, 0.5) is 0 Å². The van der Waals surface area contributed by atoms with Crippen LogP contribution in [0.2, 0.25) is 0 Å². The summed E-state index contributed by atoms with van der Waals surface area (Å²) in [6.45, 7) is 11.0. The standard InChI is InChI=1S/C16H32N2/c1-4-15(5-2)14(3)18-12-8-11-17-16(13-18)9-6-7-10-16/h14-15,17H,4-13H2,1-3H3. The van der Waals surface area contributed by atoms with E-state index in [9.17, 15) is 0 Å². The summed E-state index contributed by atoms with van der Waals surface area (Å²) in [5.41, 5.74) is 0.469. The maximum Gasteiger partial charge on any atom is 0.0308 e. The fourth-order valence-corrected chi connectivity index (χ4v) is 4.16. The smallest absolute Gasteiger partial charge is 0.0308 e.